The van der Waals surface area contributed by atoms with Crippen LogP contribution in [0, 0.1) is 5.92 Å². The minimum Gasteiger partial charge on any atom is -0.354 e. The fourth-order valence-electron chi connectivity index (χ4n) is 3.63. The molecule has 0 aliphatic heterocycles. The van der Waals surface area contributed by atoms with Crippen molar-refractivity contribution in [2.24, 2.45) is 5.92 Å². The van der Waals surface area contributed by atoms with Crippen LogP contribution in [0.25, 0.3) is 0 Å². The quantitative estimate of drug-likeness (QED) is 0.511. The number of benzene rings is 3. The van der Waals surface area contributed by atoms with Crippen LogP contribution in [0.5, 0.6) is 0 Å². The molecule has 0 heterocycles. The van der Waals surface area contributed by atoms with Gasteiger partial charge >= 0.3 is 0 Å². The largest absolute Gasteiger partial charge is 0.354 e. The maximum Gasteiger partial charge on any atom is 0.243 e. The zero-order chi connectivity index (χ0) is 22.8. The number of hydrogen-bond donors (Lipinski definition) is 1. The summed E-state index contributed by atoms with van der Waals surface area (Å²) >= 11 is 0. The lowest BCUT2D eigenvalue weighted by Gasteiger charge is -2.32. The third kappa shape index (κ3) is 7.09. The summed E-state index contributed by atoms with van der Waals surface area (Å²) < 4.78 is 0. The van der Waals surface area contributed by atoms with Gasteiger partial charge in [-0.15, -0.1) is 0 Å². The first kappa shape index (κ1) is 23.3. The van der Waals surface area contributed by atoms with Gasteiger partial charge in [0, 0.05) is 19.5 Å². The number of nitrogens with zero attached hydrogens (tertiary/aromatic N) is 1. The van der Waals surface area contributed by atoms with Gasteiger partial charge in [0.05, 0.1) is 6.42 Å². The Bertz CT molecular complexity index is 972. The van der Waals surface area contributed by atoms with Crippen molar-refractivity contribution in [3.05, 3.63) is 108 Å². The summed E-state index contributed by atoms with van der Waals surface area (Å²) in [5, 5.41) is 3.05. The van der Waals surface area contributed by atoms with Gasteiger partial charge in [-0.3, -0.25) is 9.59 Å². The van der Waals surface area contributed by atoms with Crippen molar-refractivity contribution in [1.82, 2.24) is 10.2 Å². The van der Waals surface area contributed by atoms with Gasteiger partial charge in [-0.05, 0) is 22.6 Å². The normalized spacial score (nSPS) is 11.7. The third-order valence-electron chi connectivity index (χ3n) is 5.35. The molecule has 0 aliphatic carbocycles. The Labute approximate surface area is 191 Å². The zero-order valence-electron chi connectivity index (χ0n) is 18.9. The standard InChI is InChI=1S/C28H32N2O2/c1-22(2)20-29-28(32)26(18-23-12-6-3-7-13-23)30(21-25-16-10-5-11-17-25)27(31)19-24-14-8-4-9-15-24/h3-17,22,26H,18-21H2,1-2H3,(H,29,32)/t26-/m0/s1. The third-order valence-corrected chi connectivity index (χ3v) is 5.35. The Kier molecular flexibility index (Phi) is 8.61. The van der Waals surface area contributed by atoms with E-state index in [9.17, 15) is 9.59 Å². The van der Waals surface area contributed by atoms with Crippen molar-refractivity contribution >= 4 is 11.8 Å². The van der Waals surface area contributed by atoms with E-state index < -0.39 is 6.04 Å². The van der Waals surface area contributed by atoms with Crippen LogP contribution in [0.2, 0.25) is 0 Å². The van der Waals surface area contributed by atoms with Gasteiger partial charge in [-0.25, -0.2) is 0 Å². The first-order chi connectivity index (χ1) is 15.5. The van der Waals surface area contributed by atoms with Crippen LogP contribution in [-0.2, 0) is 29.0 Å². The second kappa shape index (κ2) is 11.8. The van der Waals surface area contributed by atoms with Gasteiger partial charge in [0.2, 0.25) is 11.8 Å². The molecule has 166 valence electrons. The Morgan fingerprint density at radius 1 is 0.750 bits per heavy atom. The topological polar surface area (TPSA) is 49.4 Å². The molecule has 2 amide bonds. The van der Waals surface area contributed by atoms with Crippen LogP contribution in [0.4, 0.5) is 0 Å². The Hall–Kier alpha value is -3.40. The van der Waals surface area contributed by atoms with Crippen molar-refractivity contribution in [3.8, 4) is 0 Å². The highest BCUT2D eigenvalue weighted by Gasteiger charge is 2.30. The lowest BCUT2D eigenvalue weighted by atomic mass is 10.0. The number of carbonyl (C=O) groups excluding carboxylic acids is 2. The number of nitrogens with one attached hydrogen (secondary N) is 1. The van der Waals surface area contributed by atoms with Gasteiger partial charge in [-0.2, -0.15) is 0 Å². The highest BCUT2D eigenvalue weighted by atomic mass is 16.2. The molecule has 4 nitrogen and oxygen atoms in total. The number of carbonyl (C=O) groups is 2. The summed E-state index contributed by atoms with van der Waals surface area (Å²) in [5.41, 5.74) is 2.98. The van der Waals surface area contributed by atoms with Crippen molar-refractivity contribution < 1.29 is 9.59 Å². The predicted molar refractivity (Wildman–Crippen MR) is 129 cm³/mol. The molecule has 3 aromatic rings. The molecular weight excluding hydrogens is 396 g/mol. The summed E-state index contributed by atoms with van der Waals surface area (Å²) in [5.74, 6) is 0.166. The highest BCUT2D eigenvalue weighted by Crippen LogP contribution is 2.16. The molecule has 0 bridgehead atoms. The summed E-state index contributed by atoms with van der Waals surface area (Å²) in [6.45, 7) is 5.10. The monoisotopic (exact) mass is 428 g/mol. The van der Waals surface area contributed by atoms with Crippen LogP contribution in [-0.4, -0.2) is 29.3 Å². The van der Waals surface area contributed by atoms with E-state index in [4.69, 9.17) is 0 Å². The van der Waals surface area contributed by atoms with Gasteiger partial charge in [0.1, 0.15) is 6.04 Å². The van der Waals surface area contributed by atoms with E-state index in [-0.39, 0.29) is 18.2 Å². The molecule has 0 aromatic heterocycles. The number of hydrogen-bond acceptors (Lipinski definition) is 2. The van der Waals surface area contributed by atoms with Crippen LogP contribution in [0.15, 0.2) is 91.0 Å². The van der Waals surface area contributed by atoms with E-state index >= 15 is 0 Å². The fourth-order valence-corrected chi connectivity index (χ4v) is 3.63. The van der Waals surface area contributed by atoms with Gasteiger partial charge in [-0.1, -0.05) is 105 Å². The molecule has 0 unspecified atom stereocenters. The van der Waals surface area contributed by atoms with E-state index in [1.54, 1.807) is 4.90 Å². The van der Waals surface area contributed by atoms with Gasteiger partial charge in [0.25, 0.3) is 0 Å². The van der Waals surface area contributed by atoms with Crippen molar-refractivity contribution in [2.45, 2.75) is 39.3 Å². The summed E-state index contributed by atoms with van der Waals surface area (Å²) in [6.07, 6.45) is 0.731. The zero-order valence-corrected chi connectivity index (χ0v) is 18.9. The average Bonchev–Trinajstić information content (AvgIpc) is 2.81. The smallest absolute Gasteiger partial charge is 0.243 e. The minimum absolute atomic E-state index is 0.0549. The van der Waals surface area contributed by atoms with Gasteiger partial charge in [0.15, 0.2) is 0 Å². The molecule has 0 radical (unpaired) electrons. The summed E-state index contributed by atoms with van der Waals surface area (Å²) in [4.78, 5) is 28.6. The Morgan fingerprint density at radius 3 is 1.78 bits per heavy atom. The first-order valence-electron chi connectivity index (χ1n) is 11.2. The van der Waals surface area contributed by atoms with Crippen molar-refractivity contribution in [2.75, 3.05) is 6.54 Å². The maximum absolute atomic E-state index is 13.5. The van der Waals surface area contributed by atoms with Crippen LogP contribution in [0.1, 0.15) is 30.5 Å². The lowest BCUT2D eigenvalue weighted by molar-refractivity contribution is -0.140. The van der Waals surface area contributed by atoms with Crippen LogP contribution < -0.4 is 5.32 Å². The Morgan fingerprint density at radius 2 is 1.25 bits per heavy atom. The molecule has 0 spiro atoms. The summed E-state index contributed by atoms with van der Waals surface area (Å²) in [7, 11) is 0. The highest BCUT2D eigenvalue weighted by molar-refractivity contribution is 5.88. The summed E-state index contributed by atoms with van der Waals surface area (Å²) in [6, 6.07) is 28.9. The van der Waals surface area contributed by atoms with Crippen LogP contribution in [0.3, 0.4) is 0 Å². The molecule has 0 saturated carbocycles. The SMILES string of the molecule is CC(C)CNC(=O)[C@H](Cc1ccccc1)N(Cc1ccccc1)C(=O)Cc1ccccc1. The molecule has 3 rings (SSSR count). The van der Waals surface area contributed by atoms with Crippen molar-refractivity contribution in [1.29, 1.82) is 0 Å². The predicted octanol–water partition coefficient (Wildman–Crippen LogP) is 4.64. The molecule has 1 atom stereocenters. The maximum atomic E-state index is 13.5. The van der Waals surface area contributed by atoms with E-state index in [1.807, 2.05) is 91.0 Å². The van der Waals surface area contributed by atoms with E-state index in [1.165, 1.54) is 0 Å². The molecule has 3 aromatic carbocycles. The molecule has 0 saturated heterocycles. The molecule has 1 N–H and O–H groups in total. The van der Waals surface area contributed by atoms with E-state index in [2.05, 4.69) is 19.2 Å². The van der Waals surface area contributed by atoms with E-state index in [0.717, 1.165) is 16.7 Å². The average molecular weight is 429 g/mol. The second-order valence-electron chi connectivity index (χ2n) is 8.51. The van der Waals surface area contributed by atoms with Crippen LogP contribution >= 0.6 is 0 Å². The Balaban J connectivity index is 1.92. The molecular formula is C28H32N2O2. The first-order valence-corrected chi connectivity index (χ1v) is 11.2. The lowest BCUT2D eigenvalue weighted by Crippen LogP contribution is -2.51. The molecule has 4 heteroatoms. The van der Waals surface area contributed by atoms with E-state index in [0.29, 0.717) is 25.4 Å². The molecule has 32 heavy (non-hydrogen) atoms. The number of rotatable bonds is 10. The molecule has 0 aliphatic rings. The number of amides is 2. The molecule has 0 fully saturated rings. The van der Waals surface area contributed by atoms with Gasteiger partial charge < -0.3 is 10.2 Å². The minimum atomic E-state index is -0.590. The fraction of sp³-hybridized carbons (Fsp3) is 0.286. The van der Waals surface area contributed by atoms with Crippen molar-refractivity contribution in [3.63, 3.8) is 0 Å². The second-order valence-corrected chi connectivity index (χ2v) is 8.51.